The molecule has 0 atom stereocenters. The fourth-order valence-corrected chi connectivity index (χ4v) is 1.53. The minimum absolute atomic E-state index is 0.0716. The predicted molar refractivity (Wildman–Crippen MR) is 59.0 cm³/mol. The second-order valence-corrected chi connectivity index (χ2v) is 5.53. The smallest absolute Gasteiger partial charge is 0.233 e. The molecular formula is C8H19N3O3S. The van der Waals surface area contributed by atoms with Crippen LogP contribution in [0, 0.1) is 0 Å². The van der Waals surface area contributed by atoms with Gasteiger partial charge in [0.15, 0.2) is 0 Å². The minimum Gasteiger partial charge on any atom is -0.354 e. The van der Waals surface area contributed by atoms with Crippen LogP contribution in [0.15, 0.2) is 0 Å². The number of nitrogens with one attached hydrogen (secondary N) is 2. The molecule has 0 aliphatic carbocycles. The van der Waals surface area contributed by atoms with E-state index < -0.39 is 10.0 Å². The van der Waals surface area contributed by atoms with Crippen LogP contribution in [-0.2, 0) is 14.8 Å². The summed E-state index contributed by atoms with van der Waals surface area (Å²) in [6.07, 6.45) is 0. The van der Waals surface area contributed by atoms with Gasteiger partial charge in [-0.1, -0.05) is 6.92 Å². The molecule has 0 heterocycles. The van der Waals surface area contributed by atoms with Gasteiger partial charge >= 0.3 is 0 Å². The molecule has 0 aliphatic heterocycles. The molecule has 0 fully saturated rings. The van der Waals surface area contributed by atoms with Gasteiger partial charge in [-0.05, 0) is 6.54 Å². The molecule has 0 unspecified atom stereocenters. The molecule has 0 saturated heterocycles. The third-order valence-electron chi connectivity index (χ3n) is 1.77. The molecule has 0 spiro atoms. The first-order valence-electron chi connectivity index (χ1n) is 4.77. The molecule has 0 rings (SSSR count). The summed E-state index contributed by atoms with van der Waals surface area (Å²) in [6.45, 7) is 2.97. The summed E-state index contributed by atoms with van der Waals surface area (Å²) in [4.78, 5) is 11.1. The molecule has 90 valence electrons. The van der Waals surface area contributed by atoms with Crippen molar-refractivity contribution >= 4 is 15.9 Å². The summed E-state index contributed by atoms with van der Waals surface area (Å²) in [7, 11) is -0.280. The average Bonchev–Trinajstić information content (AvgIpc) is 2.14. The van der Waals surface area contributed by atoms with E-state index in [9.17, 15) is 13.2 Å². The van der Waals surface area contributed by atoms with Gasteiger partial charge < -0.3 is 10.6 Å². The highest BCUT2D eigenvalue weighted by Crippen LogP contribution is 1.91. The number of amides is 1. The van der Waals surface area contributed by atoms with Gasteiger partial charge in [-0.3, -0.25) is 4.79 Å². The van der Waals surface area contributed by atoms with Crippen LogP contribution in [0.3, 0.4) is 0 Å². The van der Waals surface area contributed by atoms with Crippen molar-refractivity contribution in [1.29, 1.82) is 0 Å². The standard InChI is InChI=1S/C8H19N3O3S/c1-4-9-7-8(12)10-5-6-15(13,14)11(2)3/h9H,4-7H2,1-3H3,(H,10,12). The number of sulfonamides is 1. The van der Waals surface area contributed by atoms with Crippen molar-refractivity contribution < 1.29 is 13.2 Å². The lowest BCUT2D eigenvalue weighted by atomic mass is 10.5. The topological polar surface area (TPSA) is 78.5 Å². The fraction of sp³-hybridized carbons (Fsp3) is 0.875. The zero-order chi connectivity index (χ0) is 11.9. The number of hydrogen-bond acceptors (Lipinski definition) is 4. The van der Waals surface area contributed by atoms with E-state index in [1.807, 2.05) is 6.92 Å². The Kier molecular flexibility index (Phi) is 6.46. The van der Waals surface area contributed by atoms with Crippen molar-refractivity contribution in [1.82, 2.24) is 14.9 Å². The molecule has 0 saturated carbocycles. The molecule has 1 amide bonds. The molecule has 2 N–H and O–H groups in total. The van der Waals surface area contributed by atoms with Crippen molar-refractivity contribution in [3.8, 4) is 0 Å². The lowest BCUT2D eigenvalue weighted by Gasteiger charge is -2.11. The number of carbonyl (C=O) groups excluding carboxylic acids is 1. The van der Waals surface area contributed by atoms with Crippen LogP contribution in [-0.4, -0.2) is 58.1 Å². The highest BCUT2D eigenvalue weighted by molar-refractivity contribution is 7.89. The van der Waals surface area contributed by atoms with E-state index >= 15 is 0 Å². The fourth-order valence-electron chi connectivity index (χ4n) is 0.803. The Morgan fingerprint density at radius 1 is 1.33 bits per heavy atom. The van der Waals surface area contributed by atoms with E-state index in [2.05, 4.69) is 10.6 Å². The van der Waals surface area contributed by atoms with E-state index in [0.717, 1.165) is 4.31 Å². The van der Waals surface area contributed by atoms with Gasteiger partial charge in [0, 0.05) is 20.6 Å². The van der Waals surface area contributed by atoms with Gasteiger partial charge in [0.05, 0.1) is 12.3 Å². The largest absolute Gasteiger partial charge is 0.354 e. The second kappa shape index (κ2) is 6.76. The van der Waals surface area contributed by atoms with Gasteiger partial charge in [-0.15, -0.1) is 0 Å². The molecular weight excluding hydrogens is 218 g/mol. The van der Waals surface area contributed by atoms with Gasteiger partial charge in [0.25, 0.3) is 0 Å². The second-order valence-electron chi connectivity index (χ2n) is 3.23. The molecule has 7 heteroatoms. The summed E-state index contributed by atoms with van der Waals surface area (Å²) >= 11 is 0. The van der Waals surface area contributed by atoms with E-state index in [-0.39, 0.29) is 24.7 Å². The lowest BCUT2D eigenvalue weighted by Crippen LogP contribution is -2.38. The number of hydrogen-bond donors (Lipinski definition) is 2. The van der Waals surface area contributed by atoms with E-state index in [1.165, 1.54) is 14.1 Å². The molecule has 0 radical (unpaired) electrons. The van der Waals surface area contributed by atoms with E-state index in [0.29, 0.717) is 6.54 Å². The molecule has 0 bridgehead atoms. The SMILES string of the molecule is CCNCC(=O)NCCS(=O)(=O)N(C)C. The van der Waals surface area contributed by atoms with Crippen LogP contribution < -0.4 is 10.6 Å². The third-order valence-corrected chi connectivity index (χ3v) is 3.61. The molecule has 15 heavy (non-hydrogen) atoms. The first kappa shape index (κ1) is 14.3. The molecule has 0 aromatic carbocycles. The Balaban J connectivity index is 3.75. The molecule has 0 aromatic rings. The molecule has 0 aliphatic rings. The first-order chi connectivity index (χ1) is 6.90. The Morgan fingerprint density at radius 2 is 1.93 bits per heavy atom. The number of nitrogens with zero attached hydrogens (tertiary/aromatic N) is 1. The molecule has 6 nitrogen and oxygen atoms in total. The third kappa shape index (κ3) is 6.43. The van der Waals surface area contributed by atoms with Crippen molar-refractivity contribution in [3.63, 3.8) is 0 Å². The maximum Gasteiger partial charge on any atom is 0.233 e. The first-order valence-corrected chi connectivity index (χ1v) is 6.38. The minimum atomic E-state index is -3.22. The summed E-state index contributed by atoms with van der Waals surface area (Å²) in [5.41, 5.74) is 0. The summed E-state index contributed by atoms with van der Waals surface area (Å²) in [6, 6.07) is 0. The highest BCUT2D eigenvalue weighted by Gasteiger charge is 2.13. The average molecular weight is 237 g/mol. The number of likely N-dealkylation sites (N-methyl/N-ethyl adjacent to an activating group) is 1. The molecule has 0 aromatic heterocycles. The maximum absolute atomic E-state index is 11.3. The van der Waals surface area contributed by atoms with Gasteiger partial charge in [-0.25, -0.2) is 12.7 Å². The van der Waals surface area contributed by atoms with E-state index in [1.54, 1.807) is 0 Å². The zero-order valence-electron chi connectivity index (χ0n) is 9.41. The normalized spacial score (nSPS) is 11.7. The van der Waals surface area contributed by atoms with Crippen molar-refractivity contribution in [2.75, 3.05) is 39.5 Å². The Morgan fingerprint density at radius 3 is 2.40 bits per heavy atom. The lowest BCUT2D eigenvalue weighted by molar-refractivity contribution is -0.120. The van der Waals surface area contributed by atoms with Crippen LogP contribution in [0.25, 0.3) is 0 Å². The van der Waals surface area contributed by atoms with E-state index in [4.69, 9.17) is 0 Å². The Labute approximate surface area is 91.1 Å². The Bertz CT molecular complexity index is 288. The van der Waals surface area contributed by atoms with Crippen LogP contribution >= 0.6 is 0 Å². The van der Waals surface area contributed by atoms with Crippen LogP contribution in [0.5, 0.6) is 0 Å². The summed E-state index contributed by atoms with van der Waals surface area (Å²) < 4.78 is 23.7. The van der Waals surface area contributed by atoms with Crippen LogP contribution in [0.2, 0.25) is 0 Å². The quantitative estimate of drug-likeness (QED) is 0.571. The Hall–Kier alpha value is -0.660. The summed E-state index contributed by atoms with van der Waals surface area (Å²) in [5.74, 6) is -0.261. The number of carbonyl (C=O) groups is 1. The van der Waals surface area contributed by atoms with Crippen molar-refractivity contribution in [2.24, 2.45) is 0 Å². The van der Waals surface area contributed by atoms with Gasteiger partial charge in [0.2, 0.25) is 15.9 Å². The number of rotatable bonds is 7. The summed E-state index contributed by atoms with van der Waals surface area (Å²) in [5, 5.41) is 5.37. The maximum atomic E-state index is 11.3. The van der Waals surface area contributed by atoms with Crippen molar-refractivity contribution in [2.45, 2.75) is 6.92 Å². The van der Waals surface area contributed by atoms with Gasteiger partial charge in [-0.2, -0.15) is 0 Å². The zero-order valence-corrected chi connectivity index (χ0v) is 10.2. The van der Waals surface area contributed by atoms with Crippen LogP contribution in [0.4, 0.5) is 0 Å². The van der Waals surface area contributed by atoms with Crippen molar-refractivity contribution in [3.05, 3.63) is 0 Å². The van der Waals surface area contributed by atoms with Gasteiger partial charge in [0.1, 0.15) is 0 Å². The monoisotopic (exact) mass is 237 g/mol. The van der Waals surface area contributed by atoms with Crippen LogP contribution in [0.1, 0.15) is 6.92 Å². The highest BCUT2D eigenvalue weighted by atomic mass is 32.2. The predicted octanol–water partition coefficient (Wildman–Crippen LogP) is -1.40.